The number of hydrogen-bond acceptors (Lipinski definition) is 2. The maximum absolute atomic E-state index is 9.30. The molecule has 60 valence electrons. The second kappa shape index (κ2) is 5.45. The van der Waals surface area contributed by atoms with Crippen molar-refractivity contribution in [2.45, 2.75) is 19.4 Å². The predicted octanol–water partition coefficient (Wildman–Crippen LogP) is 1.21. The van der Waals surface area contributed by atoms with Crippen LogP contribution in [0, 0.1) is 5.92 Å². The Morgan fingerprint density at radius 2 is 2.30 bits per heavy atom. The second-order valence-electron chi connectivity index (χ2n) is 2.52. The molecule has 2 heteroatoms. The zero-order valence-corrected chi connectivity index (χ0v) is 6.71. The van der Waals surface area contributed by atoms with Gasteiger partial charge >= 0.3 is 0 Å². The molecule has 0 saturated carbocycles. The summed E-state index contributed by atoms with van der Waals surface area (Å²) in [6.07, 6.45) is 2.05. The van der Waals surface area contributed by atoms with Crippen LogP contribution in [0.5, 0.6) is 0 Å². The van der Waals surface area contributed by atoms with Gasteiger partial charge in [-0.15, -0.1) is 6.58 Å². The summed E-state index contributed by atoms with van der Waals surface area (Å²) < 4.78 is 4.88. The molecule has 1 N–H and O–H groups in total. The van der Waals surface area contributed by atoms with Crippen LogP contribution in [0.4, 0.5) is 0 Å². The van der Waals surface area contributed by atoms with Crippen molar-refractivity contribution < 1.29 is 9.84 Å². The highest BCUT2D eigenvalue weighted by Gasteiger charge is 2.11. The van der Waals surface area contributed by atoms with Crippen molar-refractivity contribution in [3.63, 3.8) is 0 Å². The Morgan fingerprint density at radius 1 is 1.70 bits per heavy atom. The van der Waals surface area contributed by atoms with Crippen molar-refractivity contribution in [3.8, 4) is 0 Å². The number of ether oxygens (including phenoxy) is 1. The molecule has 0 fully saturated rings. The van der Waals surface area contributed by atoms with E-state index in [-0.39, 0.29) is 12.0 Å². The van der Waals surface area contributed by atoms with E-state index in [9.17, 15) is 5.11 Å². The predicted molar refractivity (Wildman–Crippen MR) is 41.9 cm³/mol. The van der Waals surface area contributed by atoms with Gasteiger partial charge in [-0.05, 0) is 6.42 Å². The summed E-state index contributed by atoms with van der Waals surface area (Å²) in [5.74, 6) is 0.197. The van der Waals surface area contributed by atoms with Crippen molar-refractivity contribution in [2.24, 2.45) is 5.92 Å². The topological polar surface area (TPSA) is 29.5 Å². The third-order valence-electron chi connectivity index (χ3n) is 1.49. The third kappa shape index (κ3) is 3.64. The molecule has 0 aliphatic rings. The van der Waals surface area contributed by atoms with E-state index < -0.39 is 0 Å². The lowest BCUT2D eigenvalue weighted by Gasteiger charge is -2.15. The fourth-order valence-corrected chi connectivity index (χ4v) is 0.777. The molecule has 2 nitrogen and oxygen atoms in total. The zero-order chi connectivity index (χ0) is 7.98. The summed E-state index contributed by atoms with van der Waals surface area (Å²) in [4.78, 5) is 0. The summed E-state index contributed by atoms with van der Waals surface area (Å²) >= 11 is 0. The van der Waals surface area contributed by atoms with E-state index in [4.69, 9.17) is 4.74 Å². The first-order valence-corrected chi connectivity index (χ1v) is 3.50. The molecule has 0 amide bonds. The molecular formula is C8H16O2. The first-order valence-electron chi connectivity index (χ1n) is 3.50. The minimum atomic E-state index is -0.308. The van der Waals surface area contributed by atoms with E-state index in [1.165, 1.54) is 0 Å². The van der Waals surface area contributed by atoms with Crippen LogP contribution in [0.1, 0.15) is 13.3 Å². The van der Waals surface area contributed by atoms with Gasteiger partial charge < -0.3 is 9.84 Å². The van der Waals surface area contributed by atoms with Gasteiger partial charge in [-0.25, -0.2) is 0 Å². The van der Waals surface area contributed by atoms with Crippen LogP contribution in [0.15, 0.2) is 12.7 Å². The fraction of sp³-hybridized carbons (Fsp3) is 0.750. The molecule has 0 saturated heterocycles. The molecule has 2 unspecified atom stereocenters. The highest BCUT2D eigenvalue weighted by molar-refractivity contribution is 4.75. The molecular weight excluding hydrogens is 128 g/mol. The van der Waals surface area contributed by atoms with E-state index in [1.807, 2.05) is 6.92 Å². The molecule has 0 aliphatic heterocycles. The van der Waals surface area contributed by atoms with Crippen LogP contribution in [0.25, 0.3) is 0 Å². The third-order valence-corrected chi connectivity index (χ3v) is 1.49. The van der Waals surface area contributed by atoms with Crippen LogP contribution in [0.3, 0.4) is 0 Å². The first-order chi connectivity index (χ1) is 4.72. The standard InChI is InChI=1S/C8H16O2/c1-4-5-8(9)7(2)6-10-3/h4,7-9H,1,5-6H2,2-3H3. The molecule has 0 bridgehead atoms. The van der Waals surface area contributed by atoms with Crippen LogP contribution in [-0.2, 0) is 4.74 Å². The first kappa shape index (κ1) is 9.66. The van der Waals surface area contributed by atoms with Crippen molar-refractivity contribution >= 4 is 0 Å². The lowest BCUT2D eigenvalue weighted by Crippen LogP contribution is -2.20. The Hall–Kier alpha value is -0.340. The lowest BCUT2D eigenvalue weighted by atomic mass is 10.0. The Morgan fingerprint density at radius 3 is 2.70 bits per heavy atom. The second-order valence-corrected chi connectivity index (χ2v) is 2.52. The summed E-state index contributed by atoms with van der Waals surface area (Å²) in [7, 11) is 1.64. The van der Waals surface area contributed by atoms with Crippen LogP contribution >= 0.6 is 0 Å². The van der Waals surface area contributed by atoms with Gasteiger partial charge in [-0.2, -0.15) is 0 Å². The van der Waals surface area contributed by atoms with E-state index in [2.05, 4.69) is 6.58 Å². The fourth-order valence-electron chi connectivity index (χ4n) is 0.777. The van der Waals surface area contributed by atoms with Crippen molar-refractivity contribution in [2.75, 3.05) is 13.7 Å². The lowest BCUT2D eigenvalue weighted by molar-refractivity contribution is 0.0591. The van der Waals surface area contributed by atoms with Crippen molar-refractivity contribution in [1.29, 1.82) is 0 Å². The molecule has 0 rings (SSSR count). The summed E-state index contributed by atoms with van der Waals surface area (Å²) in [6, 6.07) is 0. The molecule has 0 aliphatic carbocycles. The maximum atomic E-state index is 9.30. The summed E-state index contributed by atoms with van der Waals surface area (Å²) in [6.45, 7) is 6.10. The minimum Gasteiger partial charge on any atom is -0.392 e. The van der Waals surface area contributed by atoms with E-state index in [0.29, 0.717) is 13.0 Å². The van der Waals surface area contributed by atoms with Crippen molar-refractivity contribution in [3.05, 3.63) is 12.7 Å². The SMILES string of the molecule is C=CCC(O)C(C)COC. The molecule has 0 heterocycles. The monoisotopic (exact) mass is 144 g/mol. The van der Waals surface area contributed by atoms with Gasteiger partial charge in [0, 0.05) is 13.0 Å². The molecule has 0 aromatic rings. The molecule has 0 spiro atoms. The Labute approximate surface area is 62.5 Å². The van der Waals surface area contributed by atoms with Gasteiger partial charge in [0.05, 0.1) is 12.7 Å². The van der Waals surface area contributed by atoms with Crippen LogP contribution < -0.4 is 0 Å². The summed E-state index contributed by atoms with van der Waals surface area (Å²) in [5, 5.41) is 9.30. The highest BCUT2D eigenvalue weighted by Crippen LogP contribution is 2.06. The smallest absolute Gasteiger partial charge is 0.0622 e. The molecule has 0 radical (unpaired) electrons. The van der Waals surface area contributed by atoms with E-state index in [0.717, 1.165) is 0 Å². The highest BCUT2D eigenvalue weighted by atomic mass is 16.5. The van der Waals surface area contributed by atoms with Gasteiger partial charge in [0.1, 0.15) is 0 Å². The normalized spacial score (nSPS) is 16.3. The van der Waals surface area contributed by atoms with Crippen LogP contribution in [-0.4, -0.2) is 24.9 Å². The van der Waals surface area contributed by atoms with E-state index >= 15 is 0 Å². The minimum absolute atomic E-state index is 0.197. The molecule has 0 aromatic heterocycles. The van der Waals surface area contributed by atoms with Crippen LogP contribution in [0.2, 0.25) is 0 Å². The number of aliphatic hydroxyl groups excluding tert-OH is 1. The van der Waals surface area contributed by atoms with Gasteiger partial charge in [0.2, 0.25) is 0 Å². The number of rotatable bonds is 5. The maximum Gasteiger partial charge on any atom is 0.0622 e. The molecule has 0 aromatic carbocycles. The Kier molecular flexibility index (Phi) is 5.26. The van der Waals surface area contributed by atoms with Gasteiger partial charge in [0.25, 0.3) is 0 Å². The number of methoxy groups -OCH3 is 1. The average molecular weight is 144 g/mol. The number of aliphatic hydroxyl groups is 1. The average Bonchev–Trinajstić information content (AvgIpc) is 1.89. The quantitative estimate of drug-likeness (QED) is 0.588. The Bertz CT molecular complexity index is 91.3. The van der Waals surface area contributed by atoms with E-state index in [1.54, 1.807) is 13.2 Å². The molecule has 2 atom stereocenters. The largest absolute Gasteiger partial charge is 0.392 e. The van der Waals surface area contributed by atoms with Gasteiger partial charge in [-0.3, -0.25) is 0 Å². The van der Waals surface area contributed by atoms with Gasteiger partial charge in [0.15, 0.2) is 0 Å². The summed E-state index contributed by atoms with van der Waals surface area (Å²) in [5.41, 5.74) is 0. The Balaban J connectivity index is 3.47. The van der Waals surface area contributed by atoms with Gasteiger partial charge in [-0.1, -0.05) is 13.0 Å². The number of hydrogen-bond donors (Lipinski definition) is 1. The zero-order valence-electron chi connectivity index (χ0n) is 6.71. The van der Waals surface area contributed by atoms with Crippen molar-refractivity contribution in [1.82, 2.24) is 0 Å². The molecule has 10 heavy (non-hydrogen) atoms.